The highest BCUT2D eigenvalue weighted by molar-refractivity contribution is 7.10. The summed E-state index contributed by atoms with van der Waals surface area (Å²) < 4.78 is 3.80. The average molecular weight is 449 g/mol. The van der Waals surface area contributed by atoms with E-state index in [9.17, 15) is 9.59 Å². The molecule has 0 spiro atoms. The monoisotopic (exact) mass is 448 g/mol. The van der Waals surface area contributed by atoms with Crippen LogP contribution in [-0.2, 0) is 4.79 Å². The molecule has 0 aliphatic carbocycles. The van der Waals surface area contributed by atoms with Gasteiger partial charge < -0.3 is 5.32 Å². The van der Waals surface area contributed by atoms with E-state index in [1.807, 2.05) is 39.1 Å². The Balaban J connectivity index is 2.16. The number of rotatable bonds is 5. The first-order valence-corrected chi connectivity index (χ1v) is 11.0. The van der Waals surface area contributed by atoms with E-state index >= 15 is 0 Å². The van der Waals surface area contributed by atoms with Crippen molar-refractivity contribution >= 4 is 52.0 Å². The van der Waals surface area contributed by atoms with Crippen molar-refractivity contribution in [2.24, 2.45) is 0 Å². The van der Waals surface area contributed by atoms with E-state index in [0.717, 1.165) is 22.0 Å². The van der Waals surface area contributed by atoms with Gasteiger partial charge in [-0.25, -0.2) is 0 Å². The number of anilines is 1. The molecule has 3 rings (SSSR count). The van der Waals surface area contributed by atoms with Crippen molar-refractivity contribution in [1.82, 2.24) is 14.9 Å². The van der Waals surface area contributed by atoms with Crippen molar-refractivity contribution in [3.05, 3.63) is 62.2 Å². The number of halogens is 1. The lowest BCUT2D eigenvalue weighted by molar-refractivity contribution is -0.123. The number of hydrogen-bond donors (Lipinski definition) is 1. The van der Waals surface area contributed by atoms with Crippen LogP contribution in [0.5, 0.6) is 0 Å². The number of thiophene rings is 1. The molecule has 2 aromatic heterocycles. The smallest absolute Gasteiger partial charge is 0.280 e. The minimum absolute atomic E-state index is 0.188. The van der Waals surface area contributed by atoms with E-state index in [1.165, 1.54) is 16.2 Å². The third-order valence-electron chi connectivity index (χ3n) is 4.06. The highest BCUT2D eigenvalue weighted by Crippen LogP contribution is 2.35. The number of nitrogens with one attached hydrogen (secondary N) is 1. The fourth-order valence-corrected chi connectivity index (χ4v) is 4.39. The Kier molecular flexibility index (Phi) is 6.36. The maximum Gasteiger partial charge on any atom is 0.280 e. The molecule has 1 aromatic carbocycles. The molecular weight excluding hydrogens is 428 g/mol. The number of amides is 2. The van der Waals surface area contributed by atoms with Crippen LogP contribution in [0.15, 0.2) is 41.1 Å². The Morgan fingerprint density at radius 2 is 1.86 bits per heavy atom. The first-order valence-electron chi connectivity index (χ1n) is 8.89. The van der Waals surface area contributed by atoms with Crippen LogP contribution in [0.4, 0.5) is 5.69 Å². The molecule has 0 unspecified atom stereocenters. The summed E-state index contributed by atoms with van der Waals surface area (Å²) in [5, 5.41) is 11.0. The van der Waals surface area contributed by atoms with Crippen LogP contribution in [0, 0.1) is 6.92 Å². The molecular formula is C20H21ClN4O2S2. The molecule has 6 nitrogen and oxygen atoms in total. The maximum absolute atomic E-state index is 13.4. The van der Waals surface area contributed by atoms with Gasteiger partial charge in [0.25, 0.3) is 5.91 Å². The van der Waals surface area contributed by atoms with Gasteiger partial charge in [0.05, 0.1) is 0 Å². The van der Waals surface area contributed by atoms with Gasteiger partial charge in [-0.2, -0.15) is 0 Å². The molecule has 2 heterocycles. The highest BCUT2D eigenvalue weighted by atomic mass is 35.5. The quantitative estimate of drug-likeness (QED) is 0.604. The Morgan fingerprint density at radius 1 is 1.17 bits per heavy atom. The predicted octanol–water partition coefficient (Wildman–Crippen LogP) is 4.86. The third kappa shape index (κ3) is 5.01. The zero-order valence-electron chi connectivity index (χ0n) is 16.5. The average Bonchev–Trinajstić information content (AvgIpc) is 3.30. The molecule has 0 saturated carbocycles. The molecule has 3 aromatic rings. The number of hydrogen-bond acceptors (Lipinski definition) is 6. The van der Waals surface area contributed by atoms with Gasteiger partial charge in [-0.1, -0.05) is 16.1 Å². The second kappa shape index (κ2) is 8.61. The fourth-order valence-electron chi connectivity index (χ4n) is 2.82. The van der Waals surface area contributed by atoms with Gasteiger partial charge in [0.2, 0.25) is 5.91 Å². The highest BCUT2D eigenvalue weighted by Gasteiger charge is 2.37. The van der Waals surface area contributed by atoms with Crippen LogP contribution >= 0.6 is 34.5 Å². The van der Waals surface area contributed by atoms with Crippen molar-refractivity contribution < 1.29 is 9.59 Å². The van der Waals surface area contributed by atoms with Gasteiger partial charge >= 0.3 is 0 Å². The van der Waals surface area contributed by atoms with Crippen molar-refractivity contribution in [1.29, 1.82) is 0 Å². The summed E-state index contributed by atoms with van der Waals surface area (Å²) in [7, 11) is 0. The number of aryl methyl sites for hydroxylation is 1. The van der Waals surface area contributed by atoms with Crippen molar-refractivity contribution in [2.75, 3.05) is 4.90 Å². The lowest BCUT2D eigenvalue weighted by Gasteiger charge is -2.33. The molecule has 0 radical (unpaired) electrons. The second-order valence-electron chi connectivity index (χ2n) is 7.55. The summed E-state index contributed by atoms with van der Waals surface area (Å²) in [6.07, 6.45) is 0. The van der Waals surface area contributed by atoms with Crippen LogP contribution in [0.1, 0.15) is 47.7 Å². The summed E-state index contributed by atoms with van der Waals surface area (Å²) in [6.45, 7) is 7.64. The molecule has 9 heteroatoms. The molecule has 1 N–H and O–H groups in total. The number of carbonyl (C=O) groups excluding carboxylic acids is 2. The number of benzene rings is 1. The van der Waals surface area contributed by atoms with Crippen molar-refractivity contribution in [3.63, 3.8) is 0 Å². The zero-order chi connectivity index (χ0) is 21.2. The summed E-state index contributed by atoms with van der Waals surface area (Å²) in [4.78, 5) is 29.1. The molecule has 0 bridgehead atoms. The standard InChI is InChI=1S/C20H21ClN4O2S2/c1-12-9-10-28-17(12)16(18(26)22-20(2,3)4)25(14-7-5-13(21)6-8-14)19(27)15-11-29-24-23-15/h5-11,16H,1-4H3,(H,22,26)/t16-/m1/s1. The minimum Gasteiger partial charge on any atom is -0.349 e. The first-order chi connectivity index (χ1) is 13.7. The zero-order valence-corrected chi connectivity index (χ0v) is 18.9. The second-order valence-corrected chi connectivity index (χ2v) is 9.55. The van der Waals surface area contributed by atoms with Crippen LogP contribution in [0.25, 0.3) is 0 Å². The van der Waals surface area contributed by atoms with Gasteiger partial charge in [-0.05, 0) is 80.5 Å². The molecule has 0 aliphatic heterocycles. The molecule has 0 saturated heterocycles. The summed E-state index contributed by atoms with van der Waals surface area (Å²) in [6, 6.07) is 7.91. The van der Waals surface area contributed by atoms with E-state index in [-0.39, 0.29) is 11.6 Å². The normalized spacial score (nSPS) is 12.4. The lowest BCUT2D eigenvalue weighted by Crippen LogP contribution is -2.49. The van der Waals surface area contributed by atoms with Gasteiger partial charge in [0.15, 0.2) is 11.7 Å². The molecule has 2 amide bonds. The van der Waals surface area contributed by atoms with E-state index in [1.54, 1.807) is 29.6 Å². The van der Waals surface area contributed by atoms with Gasteiger partial charge in [-0.15, -0.1) is 16.4 Å². The maximum atomic E-state index is 13.4. The summed E-state index contributed by atoms with van der Waals surface area (Å²) in [5.74, 6) is -0.669. The Labute approximate surface area is 182 Å². The number of carbonyl (C=O) groups is 2. The molecule has 1 atom stereocenters. The molecule has 0 aliphatic rings. The molecule has 152 valence electrons. The van der Waals surface area contributed by atoms with E-state index in [0.29, 0.717) is 10.7 Å². The SMILES string of the molecule is Cc1ccsc1[C@H](C(=O)NC(C)(C)C)N(C(=O)c1csnn1)c1ccc(Cl)cc1. The third-order valence-corrected chi connectivity index (χ3v) is 5.89. The molecule has 0 fully saturated rings. The van der Waals surface area contributed by atoms with Crippen molar-refractivity contribution in [3.8, 4) is 0 Å². The summed E-state index contributed by atoms with van der Waals surface area (Å²) >= 11 is 8.57. The van der Waals surface area contributed by atoms with Gasteiger partial charge in [0, 0.05) is 26.5 Å². The van der Waals surface area contributed by atoms with Crippen LogP contribution < -0.4 is 10.2 Å². The molecule has 29 heavy (non-hydrogen) atoms. The van der Waals surface area contributed by atoms with E-state index in [2.05, 4.69) is 14.9 Å². The first kappa shape index (κ1) is 21.4. The summed E-state index contributed by atoms with van der Waals surface area (Å²) in [5.41, 5.74) is 1.21. The predicted molar refractivity (Wildman–Crippen MR) is 118 cm³/mol. The number of aromatic nitrogens is 2. The van der Waals surface area contributed by atoms with E-state index in [4.69, 9.17) is 11.6 Å². The fraction of sp³-hybridized carbons (Fsp3) is 0.300. The van der Waals surface area contributed by atoms with Gasteiger partial charge in [0.1, 0.15) is 0 Å². The van der Waals surface area contributed by atoms with Crippen LogP contribution in [0.2, 0.25) is 5.02 Å². The topological polar surface area (TPSA) is 75.2 Å². The Bertz CT molecular complexity index is 994. The van der Waals surface area contributed by atoms with E-state index < -0.39 is 17.5 Å². The number of nitrogens with zero attached hydrogens (tertiary/aromatic N) is 3. The minimum atomic E-state index is -0.857. The lowest BCUT2D eigenvalue weighted by atomic mass is 10.0. The van der Waals surface area contributed by atoms with Crippen LogP contribution in [0.3, 0.4) is 0 Å². The van der Waals surface area contributed by atoms with Crippen LogP contribution in [-0.4, -0.2) is 26.9 Å². The Hall–Kier alpha value is -2.29. The largest absolute Gasteiger partial charge is 0.349 e. The van der Waals surface area contributed by atoms with Crippen molar-refractivity contribution in [2.45, 2.75) is 39.3 Å². The Morgan fingerprint density at radius 3 is 2.38 bits per heavy atom. The van der Waals surface area contributed by atoms with Gasteiger partial charge in [-0.3, -0.25) is 14.5 Å².